The number of halogens is 1. The third kappa shape index (κ3) is 6.41. The molecule has 3 heterocycles. The molecule has 0 spiro atoms. The summed E-state index contributed by atoms with van der Waals surface area (Å²) in [5, 5.41) is 11.6. The monoisotopic (exact) mass is 446 g/mol. The van der Waals surface area contributed by atoms with Crippen LogP contribution < -0.4 is 10.6 Å². The molecule has 1 unspecified atom stereocenters. The van der Waals surface area contributed by atoms with Gasteiger partial charge in [0.05, 0.1) is 6.61 Å². The lowest BCUT2D eigenvalue weighted by Crippen LogP contribution is -2.49. The van der Waals surface area contributed by atoms with Gasteiger partial charge in [0.2, 0.25) is 11.7 Å². The molecule has 2 aromatic rings. The van der Waals surface area contributed by atoms with Crippen molar-refractivity contribution in [3.05, 3.63) is 35.2 Å². The minimum atomic E-state index is 0.445. The summed E-state index contributed by atoms with van der Waals surface area (Å²) < 4.78 is 10.9. The number of benzene rings is 1. The normalized spacial score (nSPS) is 20.8. The summed E-state index contributed by atoms with van der Waals surface area (Å²) in [5.41, 5.74) is 0.847. The highest BCUT2D eigenvalue weighted by Crippen LogP contribution is 2.20. The van der Waals surface area contributed by atoms with Crippen LogP contribution in [0.4, 0.5) is 0 Å². The van der Waals surface area contributed by atoms with Crippen molar-refractivity contribution in [2.75, 3.05) is 46.4 Å². The van der Waals surface area contributed by atoms with Gasteiger partial charge in [-0.1, -0.05) is 28.9 Å². The third-order valence-corrected chi connectivity index (χ3v) is 6.11. The van der Waals surface area contributed by atoms with Gasteiger partial charge in [0, 0.05) is 62.9 Å². The number of guanidine groups is 1. The van der Waals surface area contributed by atoms with Crippen LogP contribution in [0.1, 0.15) is 25.2 Å². The van der Waals surface area contributed by atoms with Crippen LogP contribution in [0.15, 0.2) is 33.8 Å². The number of hydrogen-bond acceptors (Lipinski definition) is 6. The Bertz CT molecular complexity index is 859. The van der Waals surface area contributed by atoms with Crippen LogP contribution in [-0.4, -0.2) is 73.5 Å². The smallest absolute Gasteiger partial charge is 0.228 e. The first-order chi connectivity index (χ1) is 15.2. The Kier molecular flexibility index (Phi) is 7.77. The molecular weight excluding hydrogens is 416 g/mol. The van der Waals surface area contributed by atoms with Gasteiger partial charge in [-0.2, -0.15) is 4.98 Å². The number of hydrogen-bond donors (Lipinski definition) is 2. The lowest BCUT2D eigenvalue weighted by atomic mass is 10.0. The molecule has 1 aromatic carbocycles. The van der Waals surface area contributed by atoms with Crippen molar-refractivity contribution < 1.29 is 9.26 Å². The van der Waals surface area contributed by atoms with Gasteiger partial charge in [-0.05, 0) is 37.3 Å². The molecule has 9 heteroatoms. The minimum absolute atomic E-state index is 0.445. The first-order valence-corrected chi connectivity index (χ1v) is 11.4. The molecule has 2 aliphatic heterocycles. The van der Waals surface area contributed by atoms with E-state index in [4.69, 9.17) is 20.9 Å². The van der Waals surface area contributed by atoms with Crippen LogP contribution in [0.3, 0.4) is 0 Å². The second kappa shape index (κ2) is 10.9. The molecule has 168 valence electrons. The minimum Gasteiger partial charge on any atom is -0.381 e. The molecule has 0 bridgehead atoms. The molecule has 4 rings (SSSR count). The molecule has 2 saturated heterocycles. The third-order valence-electron chi connectivity index (χ3n) is 5.87. The standard InChI is InChI=1S/C22H31ClN6O2/c1-24-22(26-19-6-10-29(11-7-19)14-16-8-12-30-15-16)25-9-5-20-27-21(28-31-20)17-3-2-4-18(23)13-17/h2-4,13,16,19H,5-12,14-15H2,1H3,(H2,24,25,26). The van der Waals surface area contributed by atoms with Crippen LogP contribution in [0, 0.1) is 5.92 Å². The second-order valence-electron chi connectivity index (χ2n) is 8.22. The topological polar surface area (TPSA) is 87.8 Å². The number of rotatable bonds is 7. The van der Waals surface area contributed by atoms with Gasteiger partial charge in [-0.15, -0.1) is 0 Å². The first kappa shape index (κ1) is 22.0. The van der Waals surface area contributed by atoms with Gasteiger partial charge in [0.15, 0.2) is 5.96 Å². The quantitative estimate of drug-likeness (QED) is 0.499. The maximum Gasteiger partial charge on any atom is 0.228 e. The summed E-state index contributed by atoms with van der Waals surface area (Å²) in [6.45, 7) is 5.93. The zero-order valence-corrected chi connectivity index (χ0v) is 18.8. The van der Waals surface area contributed by atoms with E-state index in [0.29, 0.717) is 41.7 Å². The zero-order chi connectivity index (χ0) is 21.5. The van der Waals surface area contributed by atoms with E-state index in [-0.39, 0.29) is 0 Å². The van der Waals surface area contributed by atoms with E-state index in [0.717, 1.165) is 50.7 Å². The molecular formula is C22H31ClN6O2. The number of aromatic nitrogens is 2. The number of ether oxygens (including phenoxy) is 1. The maximum absolute atomic E-state index is 6.04. The largest absolute Gasteiger partial charge is 0.381 e. The highest BCUT2D eigenvalue weighted by Gasteiger charge is 2.24. The number of nitrogens with zero attached hydrogens (tertiary/aromatic N) is 4. The van der Waals surface area contributed by atoms with E-state index in [1.807, 2.05) is 24.3 Å². The number of piperidine rings is 1. The van der Waals surface area contributed by atoms with Crippen molar-refractivity contribution in [2.24, 2.45) is 10.9 Å². The van der Waals surface area contributed by atoms with Crippen molar-refractivity contribution in [1.29, 1.82) is 0 Å². The fraction of sp³-hybridized carbons (Fsp3) is 0.591. The molecule has 2 fully saturated rings. The Morgan fingerprint density at radius 1 is 1.29 bits per heavy atom. The Labute approximate surface area is 188 Å². The number of aliphatic imine (C=N–C) groups is 1. The lowest BCUT2D eigenvalue weighted by Gasteiger charge is -2.34. The van der Waals surface area contributed by atoms with Crippen LogP contribution >= 0.6 is 11.6 Å². The molecule has 1 aromatic heterocycles. The van der Waals surface area contributed by atoms with Gasteiger partial charge in [0.1, 0.15) is 0 Å². The molecule has 1 atom stereocenters. The summed E-state index contributed by atoms with van der Waals surface area (Å²) in [7, 11) is 1.80. The van der Waals surface area contributed by atoms with Crippen molar-refractivity contribution >= 4 is 17.6 Å². The Morgan fingerprint density at radius 2 is 2.16 bits per heavy atom. The molecule has 0 radical (unpaired) electrons. The average molecular weight is 447 g/mol. The average Bonchev–Trinajstić information content (AvgIpc) is 3.47. The van der Waals surface area contributed by atoms with Crippen LogP contribution in [0.25, 0.3) is 11.4 Å². The van der Waals surface area contributed by atoms with Crippen LogP contribution in [0.2, 0.25) is 5.02 Å². The molecule has 2 aliphatic rings. The van der Waals surface area contributed by atoms with Crippen LogP contribution in [0.5, 0.6) is 0 Å². The van der Waals surface area contributed by atoms with E-state index >= 15 is 0 Å². The van der Waals surface area contributed by atoms with Gasteiger partial charge in [-0.25, -0.2) is 0 Å². The zero-order valence-electron chi connectivity index (χ0n) is 18.0. The van der Waals surface area contributed by atoms with Gasteiger partial charge in [0.25, 0.3) is 0 Å². The van der Waals surface area contributed by atoms with Gasteiger partial charge in [-0.3, -0.25) is 4.99 Å². The number of nitrogens with one attached hydrogen (secondary N) is 2. The Morgan fingerprint density at radius 3 is 2.90 bits per heavy atom. The molecule has 0 aliphatic carbocycles. The summed E-state index contributed by atoms with van der Waals surface area (Å²) in [6, 6.07) is 7.88. The highest BCUT2D eigenvalue weighted by molar-refractivity contribution is 6.30. The van der Waals surface area contributed by atoms with E-state index < -0.39 is 0 Å². The molecule has 31 heavy (non-hydrogen) atoms. The van der Waals surface area contributed by atoms with Gasteiger partial charge >= 0.3 is 0 Å². The summed E-state index contributed by atoms with van der Waals surface area (Å²) in [6.07, 6.45) is 4.08. The summed E-state index contributed by atoms with van der Waals surface area (Å²) in [5.74, 6) is 2.67. The lowest BCUT2D eigenvalue weighted by molar-refractivity contribution is 0.150. The number of likely N-dealkylation sites (tertiary alicyclic amines) is 1. The molecule has 8 nitrogen and oxygen atoms in total. The first-order valence-electron chi connectivity index (χ1n) is 11.1. The van der Waals surface area contributed by atoms with E-state index in [9.17, 15) is 0 Å². The van der Waals surface area contributed by atoms with E-state index in [1.165, 1.54) is 13.0 Å². The fourth-order valence-electron chi connectivity index (χ4n) is 4.13. The van der Waals surface area contributed by atoms with Gasteiger partial charge < -0.3 is 24.8 Å². The SMILES string of the molecule is CN=C(NCCc1nc(-c2cccc(Cl)c2)no1)NC1CCN(CC2CCOC2)CC1. The van der Waals surface area contributed by atoms with E-state index in [2.05, 4.69) is 30.7 Å². The Hall–Kier alpha value is -2.16. The predicted molar refractivity (Wildman–Crippen MR) is 121 cm³/mol. The predicted octanol–water partition coefficient (Wildman–Crippen LogP) is 2.60. The highest BCUT2D eigenvalue weighted by atomic mass is 35.5. The maximum atomic E-state index is 6.04. The van der Waals surface area contributed by atoms with Crippen molar-refractivity contribution in [1.82, 2.24) is 25.7 Å². The van der Waals surface area contributed by atoms with Crippen molar-refractivity contribution in [3.8, 4) is 11.4 Å². The van der Waals surface area contributed by atoms with E-state index in [1.54, 1.807) is 7.05 Å². The van der Waals surface area contributed by atoms with Crippen molar-refractivity contribution in [2.45, 2.75) is 31.7 Å². The molecule has 0 saturated carbocycles. The fourth-order valence-corrected chi connectivity index (χ4v) is 4.32. The van der Waals surface area contributed by atoms with Crippen LogP contribution in [-0.2, 0) is 11.2 Å². The molecule has 2 N–H and O–H groups in total. The summed E-state index contributed by atoms with van der Waals surface area (Å²) in [4.78, 5) is 11.4. The second-order valence-corrected chi connectivity index (χ2v) is 8.66. The molecule has 0 amide bonds. The van der Waals surface area contributed by atoms with Crippen molar-refractivity contribution in [3.63, 3.8) is 0 Å². The Balaban J connectivity index is 1.17. The summed E-state index contributed by atoms with van der Waals surface area (Å²) >= 11 is 6.04.